The third-order valence-corrected chi connectivity index (χ3v) is 8.18. The molecule has 0 amide bonds. The minimum absolute atomic E-state index is 0.0329. The molecular formula is C39H45N2O2+. The van der Waals surface area contributed by atoms with Gasteiger partial charge in [-0.2, -0.15) is 0 Å². The maximum Gasteiger partial charge on any atom is 0.244 e. The van der Waals surface area contributed by atoms with E-state index in [0.717, 1.165) is 22.6 Å². The summed E-state index contributed by atoms with van der Waals surface area (Å²) in [5, 5.41) is 0. The van der Waals surface area contributed by atoms with Crippen molar-refractivity contribution in [2.75, 3.05) is 14.2 Å². The highest BCUT2D eigenvalue weighted by molar-refractivity contribution is 5.67. The Kier molecular flexibility index (Phi) is 8.50. The molecule has 222 valence electrons. The standard InChI is InChI=1S/C39H45N2O2/c1-38(2,3)36(32-25-30(19-21-34(32)42-7)28-15-11-9-12-16-28)40-23-24-41(27-40)37(39(4,5)6)33-26-31(20-22-35(33)43-8)29-17-13-10-14-18-29/h9-27,36-37H,1-8H3/q+1/t36-,37-/m0/s1. The summed E-state index contributed by atoms with van der Waals surface area (Å²) in [6.45, 7) is 13.8. The first-order valence-electron chi connectivity index (χ1n) is 15.1. The zero-order valence-electron chi connectivity index (χ0n) is 26.8. The molecule has 1 heterocycles. The van der Waals surface area contributed by atoms with Gasteiger partial charge in [0.15, 0.2) is 0 Å². The van der Waals surface area contributed by atoms with E-state index in [0.29, 0.717) is 0 Å². The lowest BCUT2D eigenvalue weighted by Gasteiger charge is -2.31. The Hall–Kier alpha value is -4.31. The van der Waals surface area contributed by atoms with Crippen molar-refractivity contribution in [3.05, 3.63) is 127 Å². The third-order valence-electron chi connectivity index (χ3n) is 8.18. The fraction of sp³-hybridized carbons (Fsp3) is 0.308. The molecule has 0 radical (unpaired) electrons. The molecule has 2 atom stereocenters. The number of aromatic nitrogens is 2. The van der Waals surface area contributed by atoms with E-state index in [2.05, 4.69) is 166 Å². The van der Waals surface area contributed by atoms with Crippen LogP contribution >= 0.6 is 0 Å². The van der Waals surface area contributed by atoms with E-state index in [9.17, 15) is 0 Å². The van der Waals surface area contributed by atoms with Crippen LogP contribution in [-0.2, 0) is 0 Å². The van der Waals surface area contributed by atoms with Crippen LogP contribution in [0.4, 0.5) is 0 Å². The Labute approximate surface area is 257 Å². The number of ether oxygens (including phenoxy) is 2. The second kappa shape index (κ2) is 12.1. The van der Waals surface area contributed by atoms with Gasteiger partial charge in [-0.1, -0.05) is 114 Å². The topological polar surface area (TPSA) is 27.3 Å². The minimum Gasteiger partial charge on any atom is -0.496 e. The van der Waals surface area contributed by atoms with Gasteiger partial charge in [-0.05, 0) is 46.5 Å². The minimum atomic E-state index is -0.0956. The molecule has 0 aliphatic rings. The molecule has 5 rings (SSSR count). The lowest BCUT2D eigenvalue weighted by molar-refractivity contribution is -0.725. The number of rotatable bonds is 8. The highest BCUT2D eigenvalue weighted by Gasteiger charge is 2.38. The summed E-state index contributed by atoms with van der Waals surface area (Å²) in [5.41, 5.74) is 6.88. The van der Waals surface area contributed by atoms with Gasteiger partial charge in [0.2, 0.25) is 6.33 Å². The smallest absolute Gasteiger partial charge is 0.244 e. The van der Waals surface area contributed by atoms with E-state index < -0.39 is 0 Å². The predicted molar refractivity (Wildman–Crippen MR) is 177 cm³/mol. The number of hydrogen-bond acceptors (Lipinski definition) is 2. The van der Waals surface area contributed by atoms with Crippen molar-refractivity contribution in [3.8, 4) is 33.8 Å². The quantitative estimate of drug-likeness (QED) is 0.173. The lowest BCUT2D eigenvalue weighted by Crippen LogP contribution is -2.46. The number of nitrogens with zero attached hydrogens (tertiary/aromatic N) is 2. The van der Waals surface area contributed by atoms with Gasteiger partial charge in [0.1, 0.15) is 36.0 Å². The molecule has 4 heteroatoms. The fourth-order valence-corrected chi connectivity index (χ4v) is 6.36. The first-order valence-corrected chi connectivity index (χ1v) is 15.1. The second-order valence-corrected chi connectivity index (χ2v) is 13.5. The number of methoxy groups -OCH3 is 2. The Morgan fingerprint density at radius 3 is 1.53 bits per heavy atom. The summed E-state index contributed by atoms with van der Waals surface area (Å²) < 4.78 is 16.6. The molecule has 0 N–H and O–H groups in total. The molecule has 0 aliphatic carbocycles. The van der Waals surface area contributed by atoms with Crippen LogP contribution in [0.15, 0.2) is 116 Å². The van der Waals surface area contributed by atoms with E-state index in [1.54, 1.807) is 14.2 Å². The molecule has 0 spiro atoms. The van der Waals surface area contributed by atoms with Crippen LogP contribution in [-0.4, -0.2) is 18.8 Å². The molecule has 0 saturated heterocycles. The molecule has 0 bridgehead atoms. The first-order chi connectivity index (χ1) is 20.5. The Bertz CT molecular complexity index is 1530. The molecule has 0 fully saturated rings. The third kappa shape index (κ3) is 6.39. The van der Waals surface area contributed by atoms with Crippen LogP contribution < -0.4 is 14.0 Å². The van der Waals surface area contributed by atoms with Crippen LogP contribution in [0.5, 0.6) is 11.5 Å². The average Bonchev–Trinajstić information content (AvgIpc) is 3.45. The van der Waals surface area contributed by atoms with Gasteiger partial charge < -0.3 is 9.47 Å². The van der Waals surface area contributed by atoms with Gasteiger partial charge >= 0.3 is 0 Å². The summed E-state index contributed by atoms with van der Waals surface area (Å²) in [6.07, 6.45) is 6.67. The van der Waals surface area contributed by atoms with E-state index >= 15 is 0 Å². The van der Waals surface area contributed by atoms with E-state index in [4.69, 9.17) is 9.47 Å². The maximum atomic E-state index is 5.96. The normalized spacial score (nSPS) is 13.4. The lowest BCUT2D eigenvalue weighted by atomic mass is 9.80. The van der Waals surface area contributed by atoms with Crippen molar-refractivity contribution in [1.82, 2.24) is 4.57 Å². The maximum absolute atomic E-state index is 5.96. The van der Waals surface area contributed by atoms with Crippen LogP contribution in [0.1, 0.15) is 64.8 Å². The molecule has 43 heavy (non-hydrogen) atoms. The largest absolute Gasteiger partial charge is 0.496 e. The Morgan fingerprint density at radius 1 is 0.581 bits per heavy atom. The van der Waals surface area contributed by atoms with Gasteiger partial charge in [-0.3, -0.25) is 0 Å². The van der Waals surface area contributed by atoms with Crippen LogP contribution in [0.25, 0.3) is 22.3 Å². The average molecular weight is 574 g/mol. The van der Waals surface area contributed by atoms with Crippen LogP contribution in [0.3, 0.4) is 0 Å². The molecule has 0 aliphatic heterocycles. The molecule has 0 unspecified atom stereocenters. The van der Waals surface area contributed by atoms with E-state index in [1.165, 1.54) is 22.3 Å². The zero-order valence-corrected chi connectivity index (χ0v) is 26.8. The number of imidazole rings is 1. The van der Waals surface area contributed by atoms with Crippen molar-refractivity contribution in [1.29, 1.82) is 0 Å². The molecular weight excluding hydrogens is 528 g/mol. The van der Waals surface area contributed by atoms with Crippen molar-refractivity contribution in [3.63, 3.8) is 0 Å². The van der Waals surface area contributed by atoms with Crippen LogP contribution in [0, 0.1) is 10.8 Å². The number of hydrogen-bond donors (Lipinski definition) is 0. The van der Waals surface area contributed by atoms with Gasteiger partial charge in [0.05, 0.1) is 14.2 Å². The first kappa shape index (κ1) is 30.2. The van der Waals surface area contributed by atoms with E-state index in [-0.39, 0.29) is 22.9 Å². The molecule has 5 aromatic rings. The van der Waals surface area contributed by atoms with Crippen LogP contribution in [0.2, 0.25) is 0 Å². The number of benzene rings is 4. The predicted octanol–water partition coefficient (Wildman–Crippen LogP) is 9.40. The molecule has 4 aromatic carbocycles. The van der Waals surface area contributed by atoms with Crippen molar-refractivity contribution >= 4 is 0 Å². The highest BCUT2D eigenvalue weighted by Crippen LogP contribution is 2.43. The Morgan fingerprint density at radius 2 is 1.07 bits per heavy atom. The van der Waals surface area contributed by atoms with Crippen molar-refractivity contribution < 1.29 is 14.0 Å². The highest BCUT2D eigenvalue weighted by atomic mass is 16.5. The van der Waals surface area contributed by atoms with Gasteiger partial charge in [-0.25, -0.2) is 9.13 Å². The molecule has 1 aromatic heterocycles. The van der Waals surface area contributed by atoms with Crippen molar-refractivity contribution in [2.45, 2.75) is 53.6 Å². The van der Waals surface area contributed by atoms with Gasteiger partial charge in [-0.15, -0.1) is 0 Å². The SMILES string of the molecule is COc1ccc(-c2ccccc2)cc1[C@H](n1cc[n+]([C@@H](c2cc(-c3ccccc3)ccc2OC)C(C)(C)C)c1)C(C)(C)C. The summed E-state index contributed by atoms with van der Waals surface area (Å²) in [7, 11) is 3.52. The van der Waals surface area contributed by atoms with Gasteiger partial charge in [0, 0.05) is 22.0 Å². The Balaban J connectivity index is 1.64. The monoisotopic (exact) mass is 573 g/mol. The second-order valence-electron chi connectivity index (χ2n) is 13.5. The molecule has 4 nitrogen and oxygen atoms in total. The molecule has 0 saturated carbocycles. The van der Waals surface area contributed by atoms with Crippen molar-refractivity contribution in [2.24, 2.45) is 10.8 Å². The zero-order chi connectivity index (χ0) is 30.8. The summed E-state index contributed by atoms with van der Waals surface area (Å²) in [5.74, 6) is 1.79. The van der Waals surface area contributed by atoms with Gasteiger partial charge in [0.25, 0.3) is 0 Å². The summed E-state index contributed by atoms with van der Waals surface area (Å²) in [6, 6.07) is 34.2. The fourth-order valence-electron chi connectivity index (χ4n) is 6.36. The van der Waals surface area contributed by atoms with E-state index in [1.807, 2.05) is 0 Å². The summed E-state index contributed by atoms with van der Waals surface area (Å²) >= 11 is 0. The summed E-state index contributed by atoms with van der Waals surface area (Å²) in [4.78, 5) is 0.